The molecular weight excluding hydrogens is 454 g/mol. The predicted molar refractivity (Wildman–Crippen MR) is 128 cm³/mol. The number of benzene rings is 2. The van der Waals surface area contributed by atoms with Crippen LogP contribution in [0.25, 0.3) is 11.1 Å². The Bertz CT molecular complexity index is 1160. The average molecular weight is 480 g/mol. The summed E-state index contributed by atoms with van der Waals surface area (Å²) in [6, 6.07) is 16.3. The third-order valence-corrected chi connectivity index (χ3v) is 6.79. The first-order valence-corrected chi connectivity index (χ1v) is 11.8. The van der Waals surface area contributed by atoms with Gasteiger partial charge in [-0.3, -0.25) is 9.59 Å². The van der Waals surface area contributed by atoms with Gasteiger partial charge < -0.3 is 20.5 Å². The lowest BCUT2D eigenvalue weighted by Gasteiger charge is -2.14. The minimum Gasteiger partial charge on any atom is -0.481 e. The number of nitrogens with zero attached hydrogens (tertiary/aromatic N) is 1. The number of alkyl carbamates (subject to hydrolysis) is 1. The number of hydrogen-bond donors (Lipinski definition) is 3. The summed E-state index contributed by atoms with van der Waals surface area (Å²) in [5.41, 5.74) is 4.62. The first kappa shape index (κ1) is 23.4. The minimum absolute atomic E-state index is 0.0165. The molecule has 2 amide bonds. The van der Waals surface area contributed by atoms with Crippen molar-refractivity contribution in [1.82, 2.24) is 15.6 Å². The van der Waals surface area contributed by atoms with Gasteiger partial charge in [-0.1, -0.05) is 55.5 Å². The van der Waals surface area contributed by atoms with E-state index in [9.17, 15) is 14.4 Å². The first-order chi connectivity index (χ1) is 16.4. The summed E-state index contributed by atoms with van der Waals surface area (Å²) < 4.78 is 5.51. The summed E-state index contributed by atoms with van der Waals surface area (Å²) in [5.74, 6) is -1.76. The highest BCUT2D eigenvalue weighted by atomic mass is 32.1. The summed E-state index contributed by atoms with van der Waals surface area (Å²) in [4.78, 5) is 39.9. The fourth-order valence-electron chi connectivity index (χ4n) is 3.91. The lowest BCUT2D eigenvalue weighted by Crippen LogP contribution is -2.26. The molecule has 0 radical (unpaired) electrons. The third kappa shape index (κ3) is 5.26. The van der Waals surface area contributed by atoms with E-state index >= 15 is 0 Å². The Labute approximate surface area is 201 Å². The highest BCUT2D eigenvalue weighted by Crippen LogP contribution is 2.44. The van der Waals surface area contributed by atoms with E-state index in [-0.39, 0.29) is 31.5 Å². The van der Waals surface area contributed by atoms with Crippen LogP contribution < -0.4 is 10.6 Å². The molecule has 9 heteroatoms. The standard InChI is InChI=1S/C25H25N3O5S/c1-15(24(30)31)10-11-26-23(29)21-12-27-22(34-21)13-28-25(32)33-14-20-18-8-4-2-6-16(18)17-7-3-5-9-19(17)20/h2-9,12,15,20H,10-11,13-14H2,1H3,(H,26,29)(H,28,32)(H,30,31). The Morgan fingerprint density at radius 2 is 1.71 bits per heavy atom. The smallest absolute Gasteiger partial charge is 0.407 e. The van der Waals surface area contributed by atoms with Crippen LogP contribution in [-0.4, -0.2) is 41.2 Å². The van der Waals surface area contributed by atoms with Crippen LogP contribution in [0, 0.1) is 5.92 Å². The number of carbonyl (C=O) groups is 3. The number of amides is 2. The molecule has 1 unspecified atom stereocenters. The maximum absolute atomic E-state index is 12.3. The van der Waals surface area contributed by atoms with E-state index in [4.69, 9.17) is 9.84 Å². The fraction of sp³-hybridized carbons (Fsp3) is 0.280. The summed E-state index contributed by atoms with van der Waals surface area (Å²) >= 11 is 1.16. The highest BCUT2D eigenvalue weighted by molar-refractivity contribution is 7.13. The van der Waals surface area contributed by atoms with Gasteiger partial charge in [-0.2, -0.15) is 0 Å². The van der Waals surface area contributed by atoms with E-state index in [0.717, 1.165) is 33.6 Å². The molecule has 34 heavy (non-hydrogen) atoms. The quantitative estimate of drug-likeness (QED) is 0.427. The molecule has 0 saturated heterocycles. The molecule has 3 aromatic rings. The molecule has 176 valence electrons. The molecule has 0 fully saturated rings. The van der Waals surface area contributed by atoms with Crippen LogP contribution in [0.5, 0.6) is 0 Å². The highest BCUT2D eigenvalue weighted by Gasteiger charge is 2.29. The van der Waals surface area contributed by atoms with Crippen LogP contribution in [0.15, 0.2) is 54.7 Å². The van der Waals surface area contributed by atoms with E-state index in [2.05, 4.69) is 39.9 Å². The van der Waals surface area contributed by atoms with Crippen LogP contribution in [-0.2, 0) is 16.1 Å². The molecule has 1 aromatic heterocycles. The largest absolute Gasteiger partial charge is 0.481 e. The van der Waals surface area contributed by atoms with Gasteiger partial charge in [0.25, 0.3) is 5.91 Å². The second-order valence-corrected chi connectivity index (χ2v) is 9.20. The second-order valence-electron chi connectivity index (χ2n) is 8.08. The van der Waals surface area contributed by atoms with Gasteiger partial charge in [-0.05, 0) is 28.7 Å². The van der Waals surface area contributed by atoms with Gasteiger partial charge in [-0.15, -0.1) is 11.3 Å². The number of aliphatic carboxylic acids is 1. The van der Waals surface area contributed by atoms with E-state index in [1.807, 2.05) is 24.3 Å². The summed E-state index contributed by atoms with van der Waals surface area (Å²) in [5, 5.41) is 14.8. The Morgan fingerprint density at radius 3 is 2.35 bits per heavy atom. The van der Waals surface area contributed by atoms with Gasteiger partial charge in [-0.25, -0.2) is 9.78 Å². The number of aromatic nitrogens is 1. The van der Waals surface area contributed by atoms with Gasteiger partial charge in [0.15, 0.2) is 0 Å². The van der Waals surface area contributed by atoms with Gasteiger partial charge in [0.05, 0.1) is 18.7 Å². The predicted octanol–water partition coefficient (Wildman–Crippen LogP) is 4.02. The van der Waals surface area contributed by atoms with Crippen molar-refractivity contribution in [3.63, 3.8) is 0 Å². The zero-order valence-electron chi connectivity index (χ0n) is 18.6. The van der Waals surface area contributed by atoms with E-state index < -0.39 is 18.0 Å². The zero-order valence-corrected chi connectivity index (χ0v) is 19.4. The van der Waals surface area contributed by atoms with Crippen LogP contribution in [0.1, 0.15) is 45.1 Å². The van der Waals surface area contributed by atoms with Crippen molar-refractivity contribution in [2.45, 2.75) is 25.8 Å². The third-order valence-electron chi connectivity index (χ3n) is 5.79. The molecule has 1 heterocycles. The van der Waals surface area contributed by atoms with Crippen molar-refractivity contribution in [1.29, 1.82) is 0 Å². The number of nitrogens with one attached hydrogen (secondary N) is 2. The molecule has 2 aromatic carbocycles. The zero-order chi connectivity index (χ0) is 24.1. The molecule has 1 aliphatic carbocycles. The fourth-order valence-corrected chi connectivity index (χ4v) is 4.68. The molecule has 1 atom stereocenters. The van der Waals surface area contributed by atoms with Crippen LogP contribution in [0.3, 0.4) is 0 Å². The van der Waals surface area contributed by atoms with E-state index in [1.165, 1.54) is 6.20 Å². The Kier molecular flexibility index (Phi) is 7.22. The molecule has 0 aliphatic heterocycles. The number of fused-ring (bicyclic) bond motifs is 3. The monoisotopic (exact) mass is 479 g/mol. The topological polar surface area (TPSA) is 118 Å². The van der Waals surface area contributed by atoms with E-state index in [1.54, 1.807) is 6.92 Å². The van der Waals surface area contributed by atoms with Gasteiger partial charge >= 0.3 is 12.1 Å². The Morgan fingerprint density at radius 1 is 1.06 bits per heavy atom. The first-order valence-electron chi connectivity index (χ1n) is 11.0. The Balaban J connectivity index is 1.26. The van der Waals surface area contributed by atoms with Crippen LogP contribution in [0.2, 0.25) is 0 Å². The molecule has 8 nitrogen and oxygen atoms in total. The summed E-state index contributed by atoms with van der Waals surface area (Å²) in [6.45, 7) is 2.22. The van der Waals surface area contributed by atoms with Crippen molar-refractivity contribution in [3.05, 3.63) is 75.7 Å². The average Bonchev–Trinajstić information content (AvgIpc) is 3.44. The lowest BCUT2D eigenvalue weighted by molar-refractivity contribution is -0.141. The van der Waals surface area contributed by atoms with Crippen molar-refractivity contribution in [2.75, 3.05) is 13.2 Å². The van der Waals surface area contributed by atoms with Gasteiger partial charge in [0, 0.05) is 12.5 Å². The normalized spacial score (nSPS) is 13.0. The lowest BCUT2D eigenvalue weighted by atomic mass is 9.98. The molecule has 1 aliphatic rings. The van der Waals surface area contributed by atoms with Crippen LogP contribution >= 0.6 is 11.3 Å². The summed E-state index contributed by atoms with van der Waals surface area (Å²) in [7, 11) is 0. The van der Waals surface area contributed by atoms with Crippen molar-refractivity contribution < 1.29 is 24.2 Å². The van der Waals surface area contributed by atoms with E-state index in [0.29, 0.717) is 16.3 Å². The number of rotatable bonds is 9. The van der Waals surface area contributed by atoms with Crippen LogP contribution in [0.4, 0.5) is 4.79 Å². The number of carboxylic acids is 1. The number of hydrogen-bond acceptors (Lipinski definition) is 6. The second kappa shape index (κ2) is 10.5. The number of carboxylic acid groups (broad SMARTS) is 1. The molecule has 0 saturated carbocycles. The van der Waals surface area contributed by atoms with Crippen molar-refractivity contribution >= 4 is 29.3 Å². The SMILES string of the molecule is CC(CCNC(=O)c1cnc(CNC(=O)OCC2c3ccccc3-c3ccccc32)s1)C(=O)O. The number of ether oxygens (including phenoxy) is 1. The minimum atomic E-state index is -0.895. The summed E-state index contributed by atoms with van der Waals surface area (Å²) in [6.07, 6.45) is 1.23. The molecule has 0 spiro atoms. The Hall–Kier alpha value is -3.72. The molecule has 0 bridgehead atoms. The molecule has 3 N–H and O–H groups in total. The van der Waals surface area contributed by atoms with Gasteiger partial charge in [0.2, 0.25) is 0 Å². The maximum atomic E-state index is 12.3. The van der Waals surface area contributed by atoms with Gasteiger partial charge in [0.1, 0.15) is 16.5 Å². The number of thiazole rings is 1. The maximum Gasteiger partial charge on any atom is 0.407 e. The molecular formula is C25H25N3O5S. The van der Waals surface area contributed by atoms with Crippen molar-refractivity contribution in [2.24, 2.45) is 5.92 Å². The van der Waals surface area contributed by atoms with Crippen molar-refractivity contribution in [3.8, 4) is 11.1 Å². The molecule has 4 rings (SSSR count). The number of carbonyl (C=O) groups excluding carboxylic acids is 2.